The largest absolute Gasteiger partial charge is 0.372 e. The Kier molecular flexibility index (Phi) is 6.12. The van der Waals surface area contributed by atoms with Gasteiger partial charge in [0.1, 0.15) is 0 Å². The number of rotatable bonds is 5. The van der Waals surface area contributed by atoms with Crippen LogP contribution in [0.4, 0.5) is 5.69 Å². The molecule has 118 valence electrons. The first-order valence-corrected chi connectivity index (χ1v) is 9.05. The summed E-state index contributed by atoms with van der Waals surface area (Å²) in [5.74, 6) is 0.959. The zero-order valence-electron chi connectivity index (χ0n) is 13.8. The lowest BCUT2D eigenvalue weighted by Gasteiger charge is -2.36. The van der Waals surface area contributed by atoms with Gasteiger partial charge in [-0.3, -0.25) is 0 Å². The third kappa shape index (κ3) is 4.01. The van der Waals surface area contributed by atoms with Crippen LogP contribution in [0, 0.1) is 5.92 Å². The standard InChI is InChI=1S/C18H29BrN2/c1-5-14-6-8-15(9-7-14)21(4)16-10-11-17(13(2)20-3)18(19)12-16/h10-15,20H,5-9H2,1-4H3. The van der Waals surface area contributed by atoms with Gasteiger partial charge in [0, 0.05) is 29.3 Å². The van der Waals surface area contributed by atoms with Gasteiger partial charge in [0.25, 0.3) is 0 Å². The minimum atomic E-state index is 0.374. The lowest BCUT2D eigenvalue weighted by Crippen LogP contribution is -2.35. The van der Waals surface area contributed by atoms with Crippen LogP contribution in [0.3, 0.4) is 0 Å². The molecule has 0 aliphatic heterocycles. The average Bonchev–Trinajstić information content (AvgIpc) is 2.53. The smallest absolute Gasteiger partial charge is 0.0377 e. The second kappa shape index (κ2) is 7.64. The number of hydrogen-bond donors (Lipinski definition) is 1. The molecule has 0 saturated heterocycles. The zero-order chi connectivity index (χ0) is 15.4. The molecule has 0 bridgehead atoms. The van der Waals surface area contributed by atoms with Crippen LogP contribution in [0.25, 0.3) is 0 Å². The van der Waals surface area contributed by atoms with E-state index in [9.17, 15) is 0 Å². The molecular formula is C18H29BrN2. The Bertz CT molecular complexity index is 453. The summed E-state index contributed by atoms with van der Waals surface area (Å²) in [5.41, 5.74) is 2.65. The van der Waals surface area contributed by atoms with E-state index in [4.69, 9.17) is 0 Å². The summed E-state index contributed by atoms with van der Waals surface area (Å²) in [7, 11) is 4.25. The topological polar surface area (TPSA) is 15.3 Å². The van der Waals surface area contributed by atoms with Crippen LogP contribution in [0.2, 0.25) is 0 Å². The number of anilines is 1. The average molecular weight is 353 g/mol. The normalized spacial score (nSPS) is 23.9. The quantitative estimate of drug-likeness (QED) is 0.789. The minimum absolute atomic E-state index is 0.374. The van der Waals surface area contributed by atoms with Crippen molar-refractivity contribution in [2.24, 2.45) is 5.92 Å². The highest BCUT2D eigenvalue weighted by Gasteiger charge is 2.23. The van der Waals surface area contributed by atoms with E-state index >= 15 is 0 Å². The van der Waals surface area contributed by atoms with Crippen LogP contribution < -0.4 is 10.2 Å². The minimum Gasteiger partial charge on any atom is -0.372 e. The molecule has 1 N–H and O–H groups in total. The van der Waals surface area contributed by atoms with Crippen molar-refractivity contribution in [2.45, 2.75) is 58.0 Å². The molecular weight excluding hydrogens is 324 g/mol. The molecule has 0 amide bonds. The van der Waals surface area contributed by atoms with Gasteiger partial charge >= 0.3 is 0 Å². The molecule has 1 fully saturated rings. The summed E-state index contributed by atoms with van der Waals surface area (Å²) in [5, 5.41) is 3.30. The Hall–Kier alpha value is -0.540. The predicted octanol–water partition coefficient (Wildman–Crippen LogP) is 5.13. The Labute approximate surface area is 138 Å². The molecule has 1 aromatic carbocycles. The number of nitrogens with one attached hydrogen (secondary N) is 1. The van der Waals surface area contributed by atoms with E-state index in [1.54, 1.807) is 0 Å². The number of halogens is 1. The molecule has 1 unspecified atom stereocenters. The van der Waals surface area contributed by atoms with Gasteiger partial charge in [0.15, 0.2) is 0 Å². The van der Waals surface area contributed by atoms with Crippen LogP contribution >= 0.6 is 15.9 Å². The summed E-state index contributed by atoms with van der Waals surface area (Å²) >= 11 is 3.73. The third-order valence-corrected chi connectivity index (χ3v) is 5.92. The zero-order valence-corrected chi connectivity index (χ0v) is 15.4. The fourth-order valence-electron chi connectivity index (χ4n) is 3.39. The van der Waals surface area contributed by atoms with E-state index < -0.39 is 0 Å². The van der Waals surface area contributed by atoms with Crippen molar-refractivity contribution < 1.29 is 0 Å². The number of hydrogen-bond acceptors (Lipinski definition) is 2. The Balaban J connectivity index is 2.06. The van der Waals surface area contributed by atoms with Crippen molar-refractivity contribution in [3.05, 3.63) is 28.2 Å². The Morgan fingerprint density at radius 2 is 1.95 bits per heavy atom. The fourth-order valence-corrected chi connectivity index (χ4v) is 4.10. The van der Waals surface area contributed by atoms with E-state index in [2.05, 4.69) is 65.2 Å². The van der Waals surface area contributed by atoms with Gasteiger partial charge in [0.2, 0.25) is 0 Å². The van der Waals surface area contributed by atoms with Crippen LogP contribution in [0.15, 0.2) is 22.7 Å². The Morgan fingerprint density at radius 3 is 2.48 bits per heavy atom. The maximum absolute atomic E-state index is 3.73. The second-order valence-corrected chi connectivity index (χ2v) is 7.26. The lowest BCUT2D eigenvalue weighted by atomic mass is 9.84. The van der Waals surface area contributed by atoms with Crippen molar-refractivity contribution in [2.75, 3.05) is 19.0 Å². The van der Waals surface area contributed by atoms with Crippen LogP contribution in [-0.2, 0) is 0 Å². The molecule has 1 aliphatic carbocycles. The van der Waals surface area contributed by atoms with Gasteiger partial charge in [-0.05, 0) is 63.3 Å². The number of nitrogens with zero attached hydrogens (tertiary/aromatic N) is 1. The molecule has 2 nitrogen and oxygen atoms in total. The molecule has 1 aliphatic rings. The maximum Gasteiger partial charge on any atom is 0.0377 e. The highest BCUT2D eigenvalue weighted by atomic mass is 79.9. The first-order valence-electron chi connectivity index (χ1n) is 8.26. The summed E-state index contributed by atoms with van der Waals surface area (Å²) in [6.07, 6.45) is 6.80. The van der Waals surface area contributed by atoms with Gasteiger partial charge in [-0.1, -0.05) is 35.3 Å². The van der Waals surface area contributed by atoms with E-state index in [1.807, 2.05) is 7.05 Å². The molecule has 1 saturated carbocycles. The fraction of sp³-hybridized carbons (Fsp3) is 0.667. The van der Waals surface area contributed by atoms with Crippen molar-refractivity contribution in [1.82, 2.24) is 5.32 Å². The maximum atomic E-state index is 3.73. The summed E-state index contributed by atoms with van der Waals surface area (Å²) in [4.78, 5) is 2.48. The van der Waals surface area contributed by atoms with E-state index in [1.165, 1.54) is 47.8 Å². The second-order valence-electron chi connectivity index (χ2n) is 6.41. The van der Waals surface area contributed by atoms with Gasteiger partial charge in [-0.25, -0.2) is 0 Å². The molecule has 2 rings (SSSR count). The summed E-state index contributed by atoms with van der Waals surface area (Å²) < 4.78 is 1.20. The molecule has 1 atom stereocenters. The lowest BCUT2D eigenvalue weighted by molar-refractivity contribution is 0.313. The monoisotopic (exact) mass is 352 g/mol. The van der Waals surface area contributed by atoms with Crippen molar-refractivity contribution in [3.63, 3.8) is 0 Å². The first kappa shape index (κ1) is 16.8. The van der Waals surface area contributed by atoms with Crippen LogP contribution in [0.5, 0.6) is 0 Å². The van der Waals surface area contributed by atoms with Crippen LogP contribution in [0.1, 0.15) is 57.6 Å². The van der Waals surface area contributed by atoms with Crippen molar-refractivity contribution in [1.29, 1.82) is 0 Å². The summed E-state index contributed by atoms with van der Waals surface area (Å²) in [6.45, 7) is 4.52. The van der Waals surface area contributed by atoms with Gasteiger partial charge in [0.05, 0.1) is 0 Å². The van der Waals surface area contributed by atoms with Crippen LogP contribution in [-0.4, -0.2) is 20.1 Å². The molecule has 21 heavy (non-hydrogen) atoms. The molecule has 3 heteroatoms. The predicted molar refractivity (Wildman–Crippen MR) is 96.1 cm³/mol. The molecule has 1 aromatic rings. The first-order chi connectivity index (χ1) is 10.1. The highest BCUT2D eigenvalue weighted by molar-refractivity contribution is 9.10. The molecule has 0 spiro atoms. The van der Waals surface area contributed by atoms with Crippen molar-refractivity contribution in [3.8, 4) is 0 Å². The highest BCUT2D eigenvalue weighted by Crippen LogP contribution is 2.33. The van der Waals surface area contributed by atoms with Gasteiger partial charge in [-0.2, -0.15) is 0 Å². The molecule has 0 aromatic heterocycles. The van der Waals surface area contributed by atoms with E-state index in [0.29, 0.717) is 12.1 Å². The molecule has 0 radical (unpaired) electrons. The summed E-state index contributed by atoms with van der Waals surface area (Å²) in [6, 6.07) is 7.86. The van der Waals surface area contributed by atoms with Gasteiger partial charge < -0.3 is 10.2 Å². The van der Waals surface area contributed by atoms with E-state index in [0.717, 1.165) is 5.92 Å². The van der Waals surface area contributed by atoms with Gasteiger partial charge in [-0.15, -0.1) is 0 Å². The molecule has 0 heterocycles. The number of benzene rings is 1. The third-order valence-electron chi connectivity index (χ3n) is 5.23. The SMILES string of the molecule is CCC1CCC(N(C)c2ccc(C(C)NC)c(Br)c2)CC1. The van der Waals surface area contributed by atoms with Crippen molar-refractivity contribution >= 4 is 21.6 Å². The van der Waals surface area contributed by atoms with E-state index in [-0.39, 0.29) is 0 Å². The Morgan fingerprint density at radius 1 is 1.29 bits per heavy atom.